The number of rotatable bonds is 8. The third-order valence-electron chi connectivity index (χ3n) is 3.51. The Balaban J connectivity index is 1.91. The molecule has 108 valence electrons. The second-order valence-electron chi connectivity index (χ2n) is 5.07. The number of nitrogens with zero attached hydrogens (tertiary/aromatic N) is 3. The molecule has 0 spiro atoms. The van der Waals surface area contributed by atoms with E-state index in [1.807, 2.05) is 19.3 Å². The Hall–Kier alpha value is -1.65. The molecular formula is C16H24N4. The number of aromatic nitrogens is 2. The van der Waals surface area contributed by atoms with Crippen LogP contribution in [0.15, 0.2) is 42.7 Å². The smallest absolute Gasteiger partial charge is 0.105 e. The summed E-state index contributed by atoms with van der Waals surface area (Å²) in [7, 11) is 0. The van der Waals surface area contributed by atoms with Crippen molar-refractivity contribution in [3.05, 3.63) is 54.1 Å². The molecule has 0 atom stereocenters. The molecule has 20 heavy (non-hydrogen) atoms. The summed E-state index contributed by atoms with van der Waals surface area (Å²) in [6.07, 6.45) is 4.94. The van der Waals surface area contributed by atoms with Crippen LogP contribution in [0, 0.1) is 6.92 Å². The van der Waals surface area contributed by atoms with E-state index < -0.39 is 0 Å². The highest BCUT2D eigenvalue weighted by molar-refractivity contribution is 5.14. The summed E-state index contributed by atoms with van der Waals surface area (Å²) in [5, 5.41) is 0. The van der Waals surface area contributed by atoms with Crippen LogP contribution in [0.3, 0.4) is 0 Å². The zero-order chi connectivity index (χ0) is 14.2. The van der Waals surface area contributed by atoms with Gasteiger partial charge in [0.25, 0.3) is 0 Å². The Labute approximate surface area is 121 Å². The molecule has 0 aliphatic carbocycles. The third-order valence-corrected chi connectivity index (χ3v) is 3.51. The fourth-order valence-electron chi connectivity index (χ4n) is 2.32. The van der Waals surface area contributed by atoms with Crippen LogP contribution in [-0.4, -0.2) is 34.1 Å². The Bertz CT molecular complexity index is 492. The lowest BCUT2D eigenvalue weighted by atomic mass is 10.2. The molecule has 1 aromatic carbocycles. The van der Waals surface area contributed by atoms with Crippen molar-refractivity contribution in [3.63, 3.8) is 0 Å². The summed E-state index contributed by atoms with van der Waals surface area (Å²) in [6.45, 7) is 6.81. The average Bonchev–Trinajstić information content (AvgIpc) is 2.88. The van der Waals surface area contributed by atoms with Gasteiger partial charge in [-0.05, 0) is 32.0 Å². The van der Waals surface area contributed by atoms with Crippen molar-refractivity contribution in [3.8, 4) is 0 Å². The lowest BCUT2D eigenvalue weighted by molar-refractivity contribution is 0.252. The molecule has 0 fully saturated rings. The zero-order valence-corrected chi connectivity index (χ0v) is 12.2. The summed E-state index contributed by atoms with van der Waals surface area (Å²) >= 11 is 0. The first-order valence-corrected chi connectivity index (χ1v) is 7.23. The highest BCUT2D eigenvalue weighted by Crippen LogP contribution is 2.06. The quantitative estimate of drug-likeness (QED) is 0.800. The van der Waals surface area contributed by atoms with Crippen molar-refractivity contribution in [2.75, 3.05) is 19.6 Å². The number of imidazole rings is 1. The van der Waals surface area contributed by atoms with E-state index in [4.69, 9.17) is 5.73 Å². The molecule has 0 bridgehead atoms. The first-order valence-electron chi connectivity index (χ1n) is 7.23. The van der Waals surface area contributed by atoms with Gasteiger partial charge in [-0.3, -0.25) is 4.90 Å². The van der Waals surface area contributed by atoms with Gasteiger partial charge in [0.1, 0.15) is 5.82 Å². The number of benzene rings is 1. The van der Waals surface area contributed by atoms with Crippen molar-refractivity contribution in [1.29, 1.82) is 0 Å². The fraction of sp³-hybridized carbons (Fsp3) is 0.438. The lowest BCUT2D eigenvalue weighted by Crippen LogP contribution is -2.29. The van der Waals surface area contributed by atoms with Gasteiger partial charge in [-0.15, -0.1) is 0 Å². The minimum atomic E-state index is 0.745. The SMILES string of the molecule is Cc1nccn1CCN(CCCN)Cc1ccccc1. The molecule has 2 N–H and O–H groups in total. The van der Waals surface area contributed by atoms with E-state index >= 15 is 0 Å². The van der Waals surface area contributed by atoms with E-state index in [0.717, 1.165) is 45.0 Å². The molecular weight excluding hydrogens is 248 g/mol. The minimum Gasteiger partial charge on any atom is -0.334 e. The maximum atomic E-state index is 5.64. The molecule has 0 aliphatic heterocycles. The molecule has 4 nitrogen and oxygen atoms in total. The molecule has 1 heterocycles. The maximum absolute atomic E-state index is 5.64. The molecule has 0 saturated heterocycles. The first-order chi connectivity index (χ1) is 9.79. The monoisotopic (exact) mass is 272 g/mol. The van der Waals surface area contributed by atoms with Crippen molar-refractivity contribution >= 4 is 0 Å². The normalized spacial score (nSPS) is 11.2. The average molecular weight is 272 g/mol. The fourth-order valence-corrected chi connectivity index (χ4v) is 2.32. The topological polar surface area (TPSA) is 47.1 Å². The third kappa shape index (κ3) is 4.47. The second-order valence-corrected chi connectivity index (χ2v) is 5.07. The molecule has 0 amide bonds. The highest BCUT2D eigenvalue weighted by Gasteiger charge is 2.06. The molecule has 4 heteroatoms. The summed E-state index contributed by atoms with van der Waals surface area (Å²) in [4.78, 5) is 6.73. The first kappa shape index (κ1) is 14.8. The molecule has 2 aromatic rings. The number of hydrogen-bond acceptors (Lipinski definition) is 3. The predicted molar refractivity (Wildman–Crippen MR) is 82.4 cm³/mol. The van der Waals surface area contributed by atoms with E-state index in [9.17, 15) is 0 Å². The Kier molecular flexibility index (Phi) is 5.77. The Morgan fingerprint density at radius 3 is 2.65 bits per heavy atom. The molecule has 0 saturated carbocycles. The second kappa shape index (κ2) is 7.82. The van der Waals surface area contributed by atoms with Crippen LogP contribution in [0.25, 0.3) is 0 Å². The minimum absolute atomic E-state index is 0.745. The van der Waals surface area contributed by atoms with Gasteiger partial charge in [-0.1, -0.05) is 30.3 Å². The van der Waals surface area contributed by atoms with E-state index in [0.29, 0.717) is 0 Å². The van der Waals surface area contributed by atoms with Crippen LogP contribution in [0.2, 0.25) is 0 Å². The molecule has 0 radical (unpaired) electrons. The van der Waals surface area contributed by atoms with E-state index in [1.54, 1.807) is 0 Å². The van der Waals surface area contributed by atoms with Crippen molar-refractivity contribution in [2.24, 2.45) is 5.73 Å². The van der Waals surface area contributed by atoms with Crippen LogP contribution >= 0.6 is 0 Å². The van der Waals surface area contributed by atoms with Crippen molar-refractivity contribution < 1.29 is 0 Å². The van der Waals surface area contributed by atoms with E-state index in [2.05, 4.69) is 44.8 Å². The summed E-state index contributed by atoms with van der Waals surface area (Å²) in [6, 6.07) is 10.6. The molecule has 0 unspecified atom stereocenters. The van der Waals surface area contributed by atoms with E-state index in [-0.39, 0.29) is 0 Å². The largest absolute Gasteiger partial charge is 0.334 e. The van der Waals surface area contributed by atoms with Gasteiger partial charge in [-0.2, -0.15) is 0 Å². The van der Waals surface area contributed by atoms with Gasteiger partial charge in [-0.25, -0.2) is 4.98 Å². The van der Waals surface area contributed by atoms with Crippen LogP contribution in [-0.2, 0) is 13.1 Å². The zero-order valence-electron chi connectivity index (χ0n) is 12.2. The van der Waals surface area contributed by atoms with Crippen LogP contribution in [0.1, 0.15) is 17.8 Å². The number of aryl methyl sites for hydroxylation is 1. The van der Waals surface area contributed by atoms with Gasteiger partial charge in [0, 0.05) is 32.0 Å². The van der Waals surface area contributed by atoms with Gasteiger partial charge >= 0.3 is 0 Å². The van der Waals surface area contributed by atoms with Crippen LogP contribution in [0.5, 0.6) is 0 Å². The number of hydrogen-bond donors (Lipinski definition) is 1. The Morgan fingerprint density at radius 2 is 2.00 bits per heavy atom. The highest BCUT2D eigenvalue weighted by atomic mass is 15.2. The van der Waals surface area contributed by atoms with Gasteiger partial charge in [0.15, 0.2) is 0 Å². The Morgan fingerprint density at radius 1 is 1.20 bits per heavy atom. The van der Waals surface area contributed by atoms with Crippen LogP contribution in [0.4, 0.5) is 0 Å². The van der Waals surface area contributed by atoms with Crippen LogP contribution < -0.4 is 5.73 Å². The molecule has 1 aromatic heterocycles. The van der Waals surface area contributed by atoms with E-state index in [1.165, 1.54) is 5.56 Å². The standard InChI is InChI=1S/C16H24N4/c1-15-18-9-11-20(15)13-12-19(10-5-8-17)14-16-6-3-2-4-7-16/h2-4,6-7,9,11H,5,8,10,12-14,17H2,1H3. The lowest BCUT2D eigenvalue weighted by Gasteiger charge is -2.22. The van der Waals surface area contributed by atoms with Gasteiger partial charge in [0.05, 0.1) is 0 Å². The van der Waals surface area contributed by atoms with Gasteiger partial charge < -0.3 is 10.3 Å². The van der Waals surface area contributed by atoms with Crippen molar-refractivity contribution in [1.82, 2.24) is 14.5 Å². The summed E-state index contributed by atoms with van der Waals surface area (Å²) in [5.74, 6) is 1.07. The predicted octanol–water partition coefficient (Wildman–Crippen LogP) is 2.04. The maximum Gasteiger partial charge on any atom is 0.105 e. The molecule has 2 rings (SSSR count). The van der Waals surface area contributed by atoms with Crippen molar-refractivity contribution in [2.45, 2.75) is 26.4 Å². The number of nitrogens with two attached hydrogens (primary N) is 1. The summed E-state index contributed by atoms with van der Waals surface area (Å²) in [5.41, 5.74) is 7.00. The van der Waals surface area contributed by atoms with Gasteiger partial charge in [0.2, 0.25) is 0 Å². The summed E-state index contributed by atoms with van der Waals surface area (Å²) < 4.78 is 2.19. The molecule has 0 aliphatic rings.